The Morgan fingerprint density at radius 1 is 1.05 bits per heavy atom. The van der Waals surface area contributed by atoms with Gasteiger partial charge in [-0.25, -0.2) is 4.39 Å². The summed E-state index contributed by atoms with van der Waals surface area (Å²) in [6, 6.07) is 6.26. The van der Waals surface area contributed by atoms with Crippen molar-refractivity contribution >= 4 is 0 Å². The average Bonchev–Trinajstić information content (AvgIpc) is 3.31. The van der Waals surface area contributed by atoms with Crippen LogP contribution in [0.4, 0.5) is 4.39 Å². The molecule has 2 nitrogen and oxygen atoms in total. The lowest BCUT2D eigenvalue weighted by Gasteiger charge is -2.33. The van der Waals surface area contributed by atoms with Gasteiger partial charge in [-0.3, -0.25) is 0 Å². The summed E-state index contributed by atoms with van der Waals surface area (Å²) in [6.45, 7) is 3.61. The van der Waals surface area contributed by atoms with E-state index in [-0.39, 0.29) is 5.82 Å². The summed E-state index contributed by atoms with van der Waals surface area (Å²) in [5, 5.41) is 10.3. The first kappa shape index (κ1) is 15.0. The smallest absolute Gasteiger partial charge is 0.123 e. The van der Waals surface area contributed by atoms with Crippen LogP contribution in [0.3, 0.4) is 0 Å². The van der Waals surface area contributed by atoms with Gasteiger partial charge < -0.3 is 10.0 Å². The number of rotatable bonds is 6. The van der Waals surface area contributed by atoms with Crippen molar-refractivity contribution in [3.8, 4) is 0 Å². The molecule has 1 aromatic carbocycles. The van der Waals surface area contributed by atoms with Gasteiger partial charge in [-0.1, -0.05) is 25.0 Å². The van der Waals surface area contributed by atoms with Crippen LogP contribution in [-0.4, -0.2) is 29.6 Å². The second kappa shape index (κ2) is 6.89. The Hall–Kier alpha value is -0.930. The highest BCUT2D eigenvalue weighted by Gasteiger charge is 2.25. The molecule has 116 valence electrons. The topological polar surface area (TPSA) is 23.5 Å². The molecular weight excluding hydrogens is 265 g/mol. The van der Waals surface area contributed by atoms with E-state index in [2.05, 4.69) is 4.90 Å². The minimum atomic E-state index is -0.450. The third-order valence-corrected chi connectivity index (χ3v) is 5.07. The standard InChI is InChI=1S/C18H26FNO/c19-17-5-3-16(4-6-17)18(21)13-15-8-11-20(12-9-15)10-7-14-1-2-14/h3-6,14-15,18,21H,1-2,7-13H2/t18-/m0/s1. The van der Waals surface area contributed by atoms with Crippen LogP contribution in [0, 0.1) is 17.7 Å². The van der Waals surface area contributed by atoms with Gasteiger partial charge in [-0.05, 0) is 74.8 Å². The van der Waals surface area contributed by atoms with E-state index < -0.39 is 6.10 Å². The fourth-order valence-electron chi connectivity index (χ4n) is 3.35. The Bertz CT molecular complexity index is 435. The number of piperidine rings is 1. The van der Waals surface area contributed by atoms with Crippen molar-refractivity contribution in [2.75, 3.05) is 19.6 Å². The van der Waals surface area contributed by atoms with E-state index in [1.54, 1.807) is 12.1 Å². The first-order chi connectivity index (χ1) is 10.2. The van der Waals surface area contributed by atoms with E-state index in [1.165, 1.54) is 63.9 Å². The Kier molecular flexibility index (Phi) is 4.91. The molecule has 21 heavy (non-hydrogen) atoms. The van der Waals surface area contributed by atoms with Crippen LogP contribution in [0.5, 0.6) is 0 Å². The molecule has 1 saturated heterocycles. The molecule has 3 heteroatoms. The van der Waals surface area contributed by atoms with Crippen LogP contribution in [0.1, 0.15) is 50.2 Å². The van der Waals surface area contributed by atoms with Crippen molar-refractivity contribution in [1.82, 2.24) is 4.90 Å². The van der Waals surface area contributed by atoms with E-state index in [1.807, 2.05) is 0 Å². The van der Waals surface area contributed by atoms with Gasteiger partial charge in [0.1, 0.15) is 5.82 Å². The highest BCUT2D eigenvalue weighted by Crippen LogP contribution is 2.33. The molecule has 2 aliphatic rings. The van der Waals surface area contributed by atoms with Gasteiger partial charge in [0.15, 0.2) is 0 Å². The van der Waals surface area contributed by atoms with Crippen LogP contribution in [0.15, 0.2) is 24.3 Å². The summed E-state index contributed by atoms with van der Waals surface area (Å²) in [6.07, 6.45) is 6.99. The summed E-state index contributed by atoms with van der Waals surface area (Å²) in [4.78, 5) is 2.58. The fourth-order valence-corrected chi connectivity index (χ4v) is 3.35. The van der Waals surface area contributed by atoms with Crippen LogP contribution in [0.2, 0.25) is 0 Å². The molecule has 1 heterocycles. The molecule has 1 N–H and O–H groups in total. The highest BCUT2D eigenvalue weighted by molar-refractivity contribution is 5.18. The third-order valence-electron chi connectivity index (χ3n) is 5.07. The molecular formula is C18H26FNO. The van der Waals surface area contributed by atoms with Gasteiger partial charge >= 0.3 is 0 Å². The molecule has 0 unspecified atom stereocenters. The van der Waals surface area contributed by atoms with Crippen LogP contribution in [-0.2, 0) is 0 Å². The van der Waals surface area contributed by atoms with Crippen LogP contribution < -0.4 is 0 Å². The van der Waals surface area contributed by atoms with Crippen LogP contribution in [0.25, 0.3) is 0 Å². The number of hydrogen-bond donors (Lipinski definition) is 1. The minimum Gasteiger partial charge on any atom is -0.388 e. The zero-order valence-corrected chi connectivity index (χ0v) is 12.7. The SMILES string of the molecule is O[C@@H](CC1CCN(CCC2CC2)CC1)c1ccc(F)cc1. The number of hydrogen-bond acceptors (Lipinski definition) is 2. The maximum absolute atomic E-state index is 12.9. The summed E-state index contributed by atoms with van der Waals surface area (Å²) >= 11 is 0. The van der Waals surface area contributed by atoms with Gasteiger partial charge in [0.2, 0.25) is 0 Å². The quantitative estimate of drug-likeness (QED) is 0.862. The molecule has 3 rings (SSSR count). The third kappa shape index (κ3) is 4.52. The average molecular weight is 291 g/mol. The Morgan fingerprint density at radius 3 is 2.33 bits per heavy atom. The predicted molar refractivity (Wildman–Crippen MR) is 82.5 cm³/mol. The Labute approximate surface area is 127 Å². The van der Waals surface area contributed by atoms with E-state index in [4.69, 9.17) is 0 Å². The van der Waals surface area contributed by atoms with Crippen molar-refractivity contribution in [2.45, 2.75) is 44.6 Å². The zero-order valence-electron chi connectivity index (χ0n) is 12.7. The van der Waals surface area contributed by atoms with E-state index in [0.29, 0.717) is 5.92 Å². The summed E-state index contributed by atoms with van der Waals surface area (Å²) in [5.74, 6) is 1.38. The molecule has 0 amide bonds. The molecule has 0 aromatic heterocycles. The Balaban J connectivity index is 1.40. The summed E-state index contributed by atoms with van der Waals surface area (Å²) in [5.41, 5.74) is 0.840. The van der Waals surface area contributed by atoms with Gasteiger partial charge in [0.25, 0.3) is 0 Å². The summed E-state index contributed by atoms with van der Waals surface area (Å²) < 4.78 is 12.9. The van der Waals surface area contributed by atoms with Crippen molar-refractivity contribution in [1.29, 1.82) is 0 Å². The second-order valence-electron chi connectivity index (χ2n) is 6.82. The summed E-state index contributed by atoms with van der Waals surface area (Å²) in [7, 11) is 0. The van der Waals surface area contributed by atoms with Gasteiger partial charge in [-0.15, -0.1) is 0 Å². The molecule has 1 aliphatic heterocycles. The van der Waals surface area contributed by atoms with Crippen molar-refractivity contribution < 1.29 is 9.50 Å². The molecule has 1 saturated carbocycles. The number of aliphatic hydroxyl groups excluding tert-OH is 1. The number of halogens is 1. The molecule has 1 atom stereocenters. The Morgan fingerprint density at radius 2 is 1.71 bits per heavy atom. The van der Waals surface area contributed by atoms with Crippen LogP contribution >= 0.6 is 0 Å². The molecule has 1 aliphatic carbocycles. The van der Waals surface area contributed by atoms with Gasteiger partial charge in [0, 0.05) is 0 Å². The lowest BCUT2D eigenvalue weighted by atomic mass is 9.89. The normalized spacial score (nSPS) is 22.4. The van der Waals surface area contributed by atoms with Gasteiger partial charge in [-0.2, -0.15) is 0 Å². The highest BCUT2D eigenvalue weighted by atomic mass is 19.1. The fraction of sp³-hybridized carbons (Fsp3) is 0.667. The number of nitrogens with zero attached hydrogens (tertiary/aromatic N) is 1. The van der Waals surface area contributed by atoms with Crippen molar-refractivity contribution in [2.24, 2.45) is 11.8 Å². The monoisotopic (exact) mass is 291 g/mol. The number of aliphatic hydroxyl groups is 1. The first-order valence-electron chi connectivity index (χ1n) is 8.36. The maximum atomic E-state index is 12.9. The van der Waals surface area contributed by atoms with E-state index in [0.717, 1.165) is 17.9 Å². The lowest BCUT2D eigenvalue weighted by Crippen LogP contribution is -2.35. The molecule has 0 spiro atoms. The van der Waals surface area contributed by atoms with E-state index >= 15 is 0 Å². The first-order valence-corrected chi connectivity index (χ1v) is 8.36. The number of likely N-dealkylation sites (tertiary alicyclic amines) is 1. The molecule has 0 bridgehead atoms. The zero-order chi connectivity index (χ0) is 14.7. The largest absolute Gasteiger partial charge is 0.388 e. The van der Waals surface area contributed by atoms with E-state index in [9.17, 15) is 9.50 Å². The predicted octanol–water partition coefficient (Wildman–Crippen LogP) is 3.76. The molecule has 1 aromatic rings. The van der Waals surface area contributed by atoms with Crippen molar-refractivity contribution in [3.05, 3.63) is 35.6 Å². The maximum Gasteiger partial charge on any atom is 0.123 e. The number of benzene rings is 1. The molecule has 2 fully saturated rings. The lowest BCUT2D eigenvalue weighted by molar-refractivity contribution is 0.107. The minimum absolute atomic E-state index is 0.241. The van der Waals surface area contributed by atoms with Crippen molar-refractivity contribution in [3.63, 3.8) is 0 Å². The molecule has 0 radical (unpaired) electrons. The second-order valence-corrected chi connectivity index (χ2v) is 6.82. The van der Waals surface area contributed by atoms with Gasteiger partial charge in [0.05, 0.1) is 6.10 Å².